The number of hydrogen-bond acceptors (Lipinski definition) is 6. The Morgan fingerprint density at radius 3 is 2.96 bits per heavy atom. The second-order valence-corrected chi connectivity index (χ2v) is 6.65. The van der Waals surface area contributed by atoms with Crippen molar-refractivity contribution in [1.29, 1.82) is 0 Å². The highest BCUT2D eigenvalue weighted by molar-refractivity contribution is 6.04. The Labute approximate surface area is 156 Å². The molecule has 142 valence electrons. The molecule has 1 N–H and O–H groups in total. The number of rotatable bonds is 8. The van der Waals surface area contributed by atoms with Crippen LogP contribution in [0.5, 0.6) is 5.75 Å². The Balaban J connectivity index is 1.54. The van der Waals surface area contributed by atoms with Crippen molar-refractivity contribution in [3.63, 3.8) is 0 Å². The van der Waals surface area contributed by atoms with Gasteiger partial charge in [0.15, 0.2) is 11.6 Å². The van der Waals surface area contributed by atoms with Gasteiger partial charge in [0.2, 0.25) is 0 Å². The molecule has 1 fully saturated rings. The molecule has 4 rings (SSSR count). The van der Waals surface area contributed by atoms with Gasteiger partial charge in [-0.3, -0.25) is 9.48 Å². The van der Waals surface area contributed by atoms with E-state index in [0.717, 1.165) is 36.7 Å². The molecule has 0 spiro atoms. The number of fused-ring (bicyclic) bond motifs is 1. The fourth-order valence-electron chi connectivity index (χ4n) is 2.95. The number of carbonyl (C=O) groups excluding carboxylic acids is 1. The van der Waals surface area contributed by atoms with Crippen molar-refractivity contribution in [1.82, 2.24) is 14.8 Å². The molecule has 8 heteroatoms. The number of methoxy groups -OCH3 is 2. The normalized spacial score (nSPS) is 13.9. The summed E-state index contributed by atoms with van der Waals surface area (Å²) < 4.78 is 17.8. The fourth-order valence-corrected chi connectivity index (χ4v) is 2.95. The molecule has 1 aliphatic rings. The highest BCUT2D eigenvalue weighted by atomic mass is 16.5. The predicted octanol–water partition coefficient (Wildman–Crippen LogP) is 3.20. The van der Waals surface area contributed by atoms with Crippen LogP contribution in [0.15, 0.2) is 29.0 Å². The van der Waals surface area contributed by atoms with Crippen LogP contribution in [-0.4, -0.2) is 41.5 Å². The molecule has 1 aliphatic carbocycles. The molecule has 8 nitrogen and oxygen atoms in total. The summed E-state index contributed by atoms with van der Waals surface area (Å²) >= 11 is 0. The topological polar surface area (TPSA) is 91.4 Å². The molecule has 0 atom stereocenters. The van der Waals surface area contributed by atoms with Crippen LogP contribution in [0.3, 0.4) is 0 Å². The van der Waals surface area contributed by atoms with Gasteiger partial charge in [-0.25, -0.2) is 4.98 Å². The Hall–Kier alpha value is -2.87. The van der Waals surface area contributed by atoms with Crippen molar-refractivity contribution in [2.24, 2.45) is 0 Å². The first-order valence-electron chi connectivity index (χ1n) is 8.99. The fraction of sp³-hybridized carbons (Fsp3) is 0.421. The highest BCUT2D eigenvalue weighted by Crippen LogP contribution is 2.39. The lowest BCUT2D eigenvalue weighted by Crippen LogP contribution is -2.13. The molecule has 2 aromatic heterocycles. The number of aryl methyl sites for hydroxylation is 1. The molecule has 0 saturated heterocycles. The number of nitrogens with zero attached hydrogens (tertiary/aromatic N) is 3. The summed E-state index contributed by atoms with van der Waals surface area (Å²) in [5.41, 5.74) is 1.65. The lowest BCUT2D eigenvalue weighted by atomic mass is 10.2. The number of aromatic nitrogens is 3. The van der Waals surface area contributed by atoms with E-state index in [4.69, 9.17) is 13.9 Å². The summed E-state index contributed by atoms with van der Waals surface area (Å²) in [4.78, 5) is 16.8. The molecule has 1 saturated carbocycles. The summed E-state index contributed by atoms with van der Waals surface area (Å²) in [7, 11) is 3.25. The smallest absolute Gasteiger partial charge is 0.277 e. The second kappa shape index (κ2) is 7.40. The van der Waals surface area contributed by atoms with Crippen LogP contribution in [0.1, 0.15) is 41.6 Å². The monoisotopic (exact) mass is 370 g/mol. The van der Waals surface area contributed by atoms with E-state index < -0.39 is 0 Å². The quantitative estimate of drug-likeness (QED) is 0.612. The second-order valence-electron chi connectivity index (χ2n) is 6.65. The summed E-state index contributed by atoms with van der Waals surface area (Å²) in [6, 6.07) is 3.67. The third kappa shape index (κ3) is 3.80. The van der Waals surface area contributed by atoms with E-state index in [1.165, 1.54) is 6.26 Å². The standard InChI is InChI=1S/C19H22N4O4/c1-25-7-3-6-23-10-13-8-15(17(26-2)9-14(13)22-23)20-18(24)16-11-27-19(21-16)12-4-5-12/h8-12H,3-7H2,1-2H3,(H,20,24). The largest absolute Gasteiger partial charge is 0.494 e. The molecule has 0 radical (unpaired) electrons. The maximum atomic E-state index is 12.5. The molecule has 27 heavy (non-hydrogen) atoms. The first kappa shape index (κ1) is 17.5. The van der Waals surface area contributed by atoms with E-state index in [2.05, 4.69) is 15.4 Å². The van der Waals surface area contributed by atoms with Crippen LogP contribution >= 0.6 is 0 Å². The van der Waals surface area contributed by atoms with Crippen molar-refractivity contribution in [3.05, 3.63) is 36.2 Å². The number of carbonyl (C=O) groups is 1. The van der Waals surface area contributed by atoms with Crippen LogP contribution in [0.2, 0.25) is 0 Å². The molecule has 0 unspecified atom stereocenters. The van der Waals surface area contributed by atoms with Crippen LogP contribution in [-0.2, 0) is 11.3 Å². The Morgan fingerprint density at radius 2 is 2.22 bits per heavy atom. The van der Waals surface area contributed by atoms with Gasteiger partial charge in [-0.15, -0.1) is 0 Å². The van der Waals surface area contributed by atoms with Gasteiger partial charge in [-0.05, 0) is 25.3 Å². The van der Waals surface area contributed by atoms with Gasteiger partial charge >= 0.3 is 0 Å². The van der Waals surface area contributed by atoms with Crippen molar-refractivity contribution >= 4 is 22.5 Å². The zero-order chi connectivity index (χ0) is 18.8. The van der Waals surface area contributed by atoms with Crippen molar-refractivity contribution in [2.45, 2.75) is 31.7 Å². The lowest BCUT2D eigenvalue weighted by molar-refractivity contribution is 0.102. The Bertz CT molecular complexity index is 958. The number of amides is 1. The van der Waals surface area contributed by atoms with Crippen molar-refractivity contribution in [2.75, 3.05) is 26.1 Å². The van der Waals surface area contributed by atoms with Gasteiger partial charge in [0, 0.05) is 43.8 Å². The Kier molecular flexibility index (Phi) is 4.81. The van der Waals surface area contributed by atoms with E-state index in [-0.39, 0.29) is 11.6 Å². The summed E-state index contributed by atoms with van der Waals surface area (Å²) in [5.74, 6) is 1.22. The van der Waals surface area contributed by atoms with E-state index in [9.17, 15) is 4.79 Å². The van der Waals surface area contributed by atoms with Crippen LogP contribution in [0, 0.1) is 0 Å². The minimum Gasteiger partial charge on any atom is -0.494 e. The van der Waals surface area contributed by atoms with E-state index in [1.54, 1.807) is 14.2 Å². The number of benzene rings is 1. The van der Waals surface area contributed by atoms with E-state index in [1.807, 2.05) is 23.0 Å². The van der Waals surface area contributed by atoms with Crippen molar-refractivity contribution < 1.29 is 18.7 Å². The van der Waals surface area contributed by atoms with E-state index in [0.29, 0.717) is 29.9 Å². The molecule has 0 aliphatic heterocycles. The first-order valence-corrected chi connectivity index (χ1v) is 8.99. The lowest BCUT2D eigenvalue weighted by Gasteiger charge is -2.09. The molecule has 0 bridgehead atoms. The number of hydrogen-bond donors (Lipinski definition) is 1. The van der Waals surface area contributed by atoms with Crippen LogP contribution in [0.25, 0.3) is 10.9 Å². The van der Waals surface area contributed by atoms with E-state index >= 15 is 0 Å². The summed E-state index contributed by atoms with van der Waals surface area (Å²) in [5, 5.41) is 8.32. The summed E-state index contributed by atoms with van der Waals surface area (Å²) in [6.45, 7) is 1.44. The molecule has 1 aromatic carbocycles. The van der Waals surface area contributed by atoms with Gasteiger partial charge < -0.3 is 19.2 Å². The number of nitrogens with one attached hydrogen (secondary N) is 1. The third-order valence-corrected chi connectivity index (χ3v) is 4.54. The molecule has 2 heterocycles. The molecule has 3 aromatic rings. The van der Waals surface area contributed by atoms with Crippen molar-refractivity contribution in [3.8, 4) is 5.75 Å². The van der Waals surface area contributed by atoms with Gasteiger partial charge in [0.1, 0.15) is 12.0 Å². The number of ether oxygens (including phenoxy) is 2. The minimum atomic E-state index is -0.323. The predicted molar refractivity (Wildman–Crippen MR) is 99.2 cm³/mol. The molecular weight excluding hydrogens is 348 g/mol. The number of anilines is 1. The van der Waals surface area contributed by atoms with Gasteiger partial charge in [-0.2, -0.15) is 5.10 Å². The zero-order valence-corrected chi connectivity index (χ0v) is 15.4. The van der Waals surface area contributed by atoms with Gasteiger partial charge in [0.25, 0.3) is 5.91 Å². The minimum absolute atomic E-state index is 0.273. The maximum Gasteiger partial charge on any atom is 0.277 e. The van der Waals surface area contributed by atoms with Gasteiger partial charge in [-0.1, -0.05) is 0 Å². The van der Waals surface area contributed by atoms with Gasteiger partial charge in [0.05, 0.1) is 18.3 Å². The zero-order valence-electron chi connectivity index (χ0n) is 15.4. The molecule has 1 amide bonds. The Morgan fingerprint density at radius 1 is 1.37 bits per heavy atom. The SMILES string of the molecule is COCCCn1cc2cc(NC(=O)c3coc(C4CC4)n3)c(OC)cc2n1. The maximum absolute atomic E-state index is 12.5. The first-order chi connectivity index (χ1) is 13.2. The highest BCUT2D eigenvalue weighted by Gasteiger charge is 2.29. The van der Waals surface area contributed by atoms with Crippen LogP contribution in [0.4, 0.5) is 5.69 Å². The van der Waals surface area contributed by atoms with Crippen LogP contribution < -0.4 is 10.1 Å². The average Bonchev–Trinajstić information content (AvgIpc) is 3.25. The number of oxazole rings is 1. The average molecular weight is 370 g/mol. The summed E-state index contributed by atoms with van der Waals surface area (Å²) in [6.07, 6.45) is 6.37. The molecular formula is C19H22N4O4. The third-order valence-electron chi connectivity index (χ3n) is 4.54.